The number of rotatable bonds is 9. The molecule has 2 rings (SSSR count). The van der Waals surface area contributed by atoms with Crippen LogP contribution in [0, 0.1) is 0 Å². The topological polar surface area (TPSA) is 59.9 Å². The van der Waals surface area contributed by atoms with E-state index in [1.54, 1.807) is 11.3 Å². The number of guanidine groups is 1. The van der Waals surface area contributed by atoms with Crippen molar-refractivity contribution in [1.82, 2.24) is 15.5 Å². The van der Waals surface area contributed by atoms with Gasteiger partial charge in [0.15, 0.2) is 5.96 Å². The number of aliphatic imine (C=N–C) groups is 1. The average Bonchev–Trinajstić information content (AvgIpc) is 3.21. The highest BCUT2D eigenvalue weighted by Gasteiger charge is 2.27. The van der Waals surface area contributed by atoms with Crippen LogP contribution in [0.5, 0.6) is 0 Å². The first-order valence-electron chi connectivity index (χ1n) is 8.59. The van der Waals surface area contributed by atoms with E-state index < -0.39 is 5.60 Å². The summed E-state index contributed by atoms with van der Waals surface area (Å²) in [6.07, 6.45) is 2.68. The number of hydrogen-bond acceptors (Lipinski definition) is 4. The molecule has 1 aliphatic carbocycles. The normalized spacial score (nSPS) is 18.0. The summed E-state index contributed by atoms with van der Waals surface area (Å²) in [5.74, 6) is 0.774. The van der Waals surface area contributed by atoms with Gasteiger partial charge in [-0.2, -0.15) is 0 Å². The van der Waals surface area contributed by atoms with Crippen molar-refractivity contribution in [3.63, 3.8) is 0 Å². The van der Waals surface area contributed by atoms with E-state index >= 15 is 0 Å². The molecule has 1 heterocycles. The van der Waals surface area contributed by atoms with Crippen molar-refractivity contribution in [3.8, 4) is 0 Å². The van der Waals surface area contributed by atoms with Gasteiger partial charge in [-0.25, -0.2) is 4.99 Å². The molecule has 1 saturated carbocycles. The third kappa shape index (κ3) is 5.79. The zero-order valence-electron chi connectivity index (χ0n) is 14.5. The molecule has 1 atom stereocenters. The third-order valence-corrected chi connectivity index (χ3v) is 5.23. The highest BCUT2D eigenvalue weighted by atomic mass is 32.1. The zero-order valence-corrected chi connectivity index (χ0v) is 15.3. The van der Waals surface area contributed by atoms with Crippen LogP contribution in [-0.4, -0.2) is 54.7 Å². The largest absolute Gasteiger partial charge is 0.383 e. The lowest BCUT2D eigenvalue weighted by atomic mass is 10.1. The molecule has 0 bridgehead atoms. The van der Waals surface area contributed by atoms with Crippen LogP contribution in [0.4, 0.5) is 0 Å². The third-order valence-electron chi connectivity index (χ3n) is 4.10. The van der Waals surface area contributed by atoms with Gasteiger partial charge in [-0.15, -0.1) is 11.3 Å². The Morgan fingerprint density at radius 3 is 2.78 bits per heavy atom. The Kier molecular flexibility index (Phi) is 6.87. The molecule has 0 spiro atoms. The molecule has 0 aromatic carbocycles. The minimum Gasteiger partial charge on any atom is -0.383 e. The van der Waals surface area contributed by atoms with E-state index in [2.05, 4.69) is 34.4 Å². The van der Waals surface area contributed by atoms with Crippen LogP contribution in [0.2, 0.25) is 0 Å². The summed E-state index contributed by atoms with van der Waals surface area (Å²) in [6.45, 7) is 10.3. The van der Waals surface area contributed by atoms with Crippen LogP contribution in [0.15, 0.2) is 22.5 Å². The fourth-order valence-corrected chi connectivity index (χ4v) is 3.37. The van der Waals surface area contributed by atoms with E-state index in [4.69, 9.17) is 0 Å². The summed E-state index contributed by atoms with van der Waals surface area (Å²) in [7, 11) is 0. The predicted molar refractivity (Wildman–Crippen MR) is 98.1 cm³/mol. The average molecular weight is 339 g/mol. The maximum Gasteiger partial charge on any atom is 0.191 e. The lowest BCUT2D eigenvalue weighted by Crippen LogP contribution is -2.42. The maximum atomic E-state index is 10.6. The van der Waals surface area contributed by atoms with Gasteiger partial charge in [0.05, 0.1) is 6.54 Å². The molecule has 1 aliphatic rings. The Hall–Kier alpha value is -1.11. The second-order valence-corrected chi connectivity index (χ2v) is 7.18. The first kappa shape index (κ1) is 18.2. The Morgan fingerprint density at radius 1 is 1.43 bits per heavy atom. The highest BCUT2D eigenvalue weighted by Crippen LogP contribution is 2.26. The number of likely N-dealkylation sites (N-methyl/N-ethyl adjacent to an activating group) is 1. The van der Waals surface area contributed by atoms with Crippen molar-refractivity contribution in [2.75, 3.05) is 32.7 Å². The lowest BCUT2D eigenvalue weighted by Gasteiger charge is -2.22. The highest BCUT2D eigenvalue weighted by molar-refractivity contribution is 7.10. The summed E-state index contributed by atoms with van der Waals surface area (Å²) in [6, 6.07) is 4.70. The Labute approximate surface area is 143 Å². The van der Waals surface area contributed by atoms with Crippen LogP contribution in [-0.2, 0) is 5.60 Å². The molecule has 0 saturated heterocycles. The van der Waals surface area contributed by atoms with Gasteiger partial charge in [-0.1, -0.05) is 13.0 Å². The van der Waals surface area contributed by atoms with E-state index in [0.717, 1.165) is 43.1 Å². The molecule has 6 heteroatoms. The molecule has 0 aliphatic heterocycles. The van der Waals surface area contributed by atoms with Gasteiger partial charge in [-0.05, 0) is 44.7 Å². The number of hydrogen-bond donors (Lipinski definition) is 3. The van der Waals surface area contributed by atoms with Crippen molar-refractivity contribution < 1.29 is 5.11 Å². The van der Waals surface area contributed by atoms with Gasteiger partial charge < -0.3 is 15.7 Å². The van der Waals surface area contributed by atoms with Crippen LogP contribution in [0.1, 0.15) is 38.5 Å². The zero-order chi connectivity index (χ0) is 16.7. The standard InChI is InChI=1S/C17H30N4OS/c1-4-18-16(19-10-11-21(5-2)14-8-9-14)20-13-17(3,22)15-7-6-12-23-15/h6-7,12,14,22H,4-5,8-11,13H2,1-3H3,(H2,18,19,20). The second kappa shape index (κ2) is 8.66. The smallest absolute Gasteiger partial charge is 0.191 e. The van der Waals surface area contributed by atoms with Crippen molar-refractivity contribution >= 4 is 17.3 Å². The second-order valence-electron chi connectivity index (χ2n) is 6.23. The summed E-state index contributed by atoms with van der Waals surface area (Å²) >= 11 is 1.56. The molecule has 0 radical (unpaired) electrons. The Morgan fingerprint density at radius 2 is 2.22 bits per heavy atom. The first-order valence-corrected chi connectivity index (χ1v) is 9.47. The van der Waals surface area contributed by atoms with Gasteiger partial charge in [0.2, 0.25) is 0 Å². The molecule has 23 heavy (non-hydrogen) atoms. The van der Waals surface area contributed by atoms with Crippen LogP contribution in [0.3, 0.4) is 0 Å². The molecule has 1 fully saturated rings. The van der Waals surface area contributed by atoms with Gasteiger partial charge in [0, 0.05) is 30.6 Å². The first-order chi connectivity index (χ1) is 11.1. The SMILES string of the molecule is CCNC(=NCC(C)(O)c1cccs1)NCCN(CC)C1CC1. The van der Waals surface area contributed by atoms with Crippen LogP contribution < -0.4 is 10.6 Å². The lowest BCUT2D eigenvalue weighted by molar-refractivity contribution is 0.0711. The summed E-state index contributed by atoms with van der Waals surface area (Å²) in [5, 5.41) is 19.2. The van der Waals surface area contributed by atoms with Crippen LogP contribution in [0.25, 0.3) is 0 Å². The predicted octanol–water partition coefficient (Wildman–Crippen LogP) is 2.00. The van der Waals surface area contributed by atoms with Crippen molar-refractivity contribution in [2.45, 2.75) is 45.3 Å². The Bertz CT molecular complexity index is 483. The molecule has 3 N–H and O–H groups in total. The van der Waals surface area contributed by atoms with E-state index in [1.165, 1.54) is 12.8 Å². The van der Waals surface area contributed by atoms with E-state index in [-0.39, 0.29) is 0 Å². The minimum atomic E-state index is -0.917. The maximum absolute atomic E-state index is 10.6. The van der Waals surface area contributed by atoms with Gasteiger partial charge in [0.25, 0.3) is 0 Å². The van der Waals surface area contributed by atoms with E-state index in [0.29, 0.717) is 6.54 Å². The minimum absolute atomic E-state index is 0.350. The van der Waals surface area contributed by atoms with Crippen molar-refractivity contribution in [3.05, 3.63) is 22.4 Å². The molecular formula is C17H30N4OS. The van der Waals surface area contributed by atoms with Crippen molar-refractivity contribution in [2.24, 2.45) is 4.99 Å². The summed E-state index contributed by atoms with van der Waals surface area (Å²) < 4.78 is 0. The number of aliphatic hydroxyl groups is 1. The quantitative estimate of drug-likeness (QED) is 0.476. The van der Waals surface area contributed by atoms with Gasteiger partial charge >= 0.3 is 0 Å². The van der Waals surface area contributed by atoms with Crippen molar-refractivity contribution in [1.29, 1.82) is 0 Å². The number of nitrogens with zero attached hydrogens (tertiary/aromatic N) is 2. The Balaban J connectivity index is 1.84. The number of thiophene rings is 1. The molecule has 1 aromatic rings. The molecule has 5 nitrogen and oxygen atoms in total. The van der Waals surface area contributed by atoms with Gasteiger partial charge in [0.1, 0.15) is 5.60 Å². The summed E-state index contributed by atoms with van der Waals surface area (Å²) in [4.78, 5) is 8.02. The molecule has 1 unspecified atom stereocenters. The molecule has 1 aromatic heterocycles. The molecule has 130 valence electrons. The molecule has 0 amide bonds. The monoisotopic (exact) mass is 338 g/mol. The molecular weight excluding hydrogens is 308 g/mol. The van der Waals surface area contributed by atoms with E-state index in [1.807, 2.05) is 24.4 Å². The van der Waals surface area contributed by atoms with Crippen LogP contribution >= 0.6 is 11.3 Å². The fraction of sp³-hybridized carbons (Fsp3) is 0.706. The summed E-state index contributed by atoms with van der Waals surface area (Å²) in [5.41, 5.74) is -0.917. The van der Waals surface area contributed by atoms with E-state index in [9.17, 15) is 5.11 Å². The fourth-order valence-electron chi connectivity index (χ4n) is 2.59. The van der Waals surface area contributed by atoms with Gasteiger partial charge in [-0.3, -0.25) is 4.90 Å². The number of nitrogens with one attached hydrogen (secondary N) is 2.